The zero-order valence-electron chi connectivity index (χ0n) is 17.6. The number of alkyl halides is 3. The highest BCUT2D eigenvalue weighted by atomic mass is 19.4. The molecule has 0 radical (unpaired) electrons. The summed E-state index contributed by atoms with van der Waals surface area (Å²) in [5.41, 5.74) is 0.312. The number of carbonyl (C=O) groups is 1. The summed E-state index contributed by atoms with van der Waals surface area (Å²) < 4.78 is 53.1. The molecule has 0 saturated heterocycles. The first-order valence-corrected chi connectivity index (χ1v) is 10.5. The highest BCUT2D eigenvalue weighted by Gasteiger charge is 2.47. The van der Waals surface area contributed by atoms with Crippen LogP contribution in [0.5, 0.6) is 11.5 Å². The lowest BCUT2D eigenvalue weighted by atomic mass is 10.0. The predicted octanol–water partition coefficient (Wildman–Crippen LogP) is 6.18. The Kier molecular flexibility index (Phi) is 5.48. The highest BCUT2D eigenvalue weighted by Crippen LogP contribution is 2.43. The van der Waals surface area contributed by atoms with Crippen molar-refractivity contribution in [2.24, 2.45) is 0 Å². The molecule has 2 atom stereocenters. The van der Waals surface area contributed by atoms with Crippen molar-refractivity contribution in [2.75, 3.05) is 10.6 Å². The van der Waals surface area contributed by atoms with Gasteiger partial charge in [0.05, 0.1) is 12.3 Å². The van der Waals surface area contributed by atoms with Crippen LogP contribution >= 0.6 is 0 Å². The quantitative estimate of drug-likeness (QED) is 0.366. The number of aromatic nitrogens is 2. The van der Waals surface area contributed by atoms with Crippen molar-refractivity contribution in [3.05, 3.63) is 90.5 Å². The number of hydrogen-bond donors (Lipinski definition) is 2. The first-order chi connectivity index (χ1) is 16.4. The van der Waals surface area contributed by atoms with Gasteiger partial charge in [-0.15, -0.1) is 0 Å². The van der Waals surface area contributed by atoms with Crippen LogP contribution in [0.3, 0.4) is 0 Å². The van der Waals surface area contributed by atoms with Crippen molar-refractivity contribution in [3.8, 4) is 11.5 Å². The second kappa shape index (κ2) is 8.62. The van der Waals surface area contributed by atoms with Gasteiger partial charge >= 0.3 is 6.18 Å². The summed E-state index contributed by atoms with van der Waals surface area (Å²) in [6.45, 7) is 0. The summed E-state index contributed by atoms with van der Waals surface area (Å²) in [5, 5.41) is 9.59. The Labute approximate surface area is 192 Å². The van der Waals surface area contributed by atoms with E-state index >= 15 is 0 Å². The minimum atomic E-state index is -4.55. The van der Waals surface area contributed by atoms with Gasteiger partial charge in [0.15, 0.2) is 11.7 Å². The van der Waals surface area contributed by atoms with E-state index < -0.39 is 24.2 Å². The molecular formula is C24H19F3N4O3. The fraction of sp³-hybridized carbons (Fsp3) is 0.167. The van der Waals surface area contributed by atoms with Gasteiger partial charge in [-0.05, 0) is 48.5 Å². The standard InChI is InChI=1S/C24H19F3N4O3/c25-24(26,27)21-13-18(20-7-4-12-33-20)29-22-14-19(30-31(21)22)23(32)28-15-8-10-17(11-9-15)34-16-5-2-1-3-6-16/h1-12,14,18,21,29H,13H2,(H,28,32)/t18-,21-/m0/s1. The van der Waals surface area contributed by atoms with Gasteiger partial charge in [-0.1, -0.05) is 18.2 Å². The van der Waals surface area contributed by atoms with Crippen molar-refractivity contribution in [3.63, 3.8) is 0 Å². The molecule has 2 aromatic heterocycles. The van der Waals surface area contributed by atoms with Gasteiger partial charge in [-0.25, -0.2) is 4.68 Å². The molecule has 2 N–H and O–H groups in total. The molecule has 1 aliphatic rings. The molecule has 0 saturated carbocycles. The number of benzene rings is 2. The van der Waals surface area contributed by atoms with E-state index in [1.165, 1.54) is 12.3 Å². The molecule has 3 heterocycles. The van der Waals surface area contributed by atoms with Gasteiger partial charge in [0, 0.05) is 18.2 Å². The van der Waals surface area contributed by atoms with Gasteiger partial charge in [-0.2, -0.15) is 18.3 Å². The molecule has 4 aromatic rings. The van der Waals surface area contributed by atoms with E-state index in [-0.39, 0.29) is 17.9 Å². The maximum absolute atomic E-state index is 13.8. The lowest BCUT2D eigenvalue weighted by Crippen LogP contribution is -2.35. The number of fused-ring (bicyclic) bond motifs is 1. The van der Waals surface area contributed by atoms with Crippen LogP contribution in [0.4, 0.5) is 24.7 Å². The Morgan fingerprint density at radius 3 is 2.47 bits per heavy atom. The van der Waals surface area contributed by atoms with E-state index in [4.69, 9.17) is 9.15 Å². The third kappa shape index (κ3) is 4.47. The Balaban J connectivity index is 1.32. The smallest absolute Gasteiger partial charge is 0.410 e. The van der Waals surface area contributed by atoms with Crippen molar-refractivity contribution in [1.29, 1.82) is 0 Å². The Bertz CT molecular complexity index is 1270. The summed E-state index contributed by atoms with van der Waals surface area (Å²) in [6, 6.07) is 17.8. The van der Waals surface area contributed by atoms with E-state index in [1.807, 2.05) is 30.3 Å². The lowest BCUT2D eigenvalue weighted by molar-refractivity contribution is -0.174. The molecule has 0 bridgehead atoms. The number of rotatable bonds is 5. The molecule has 2 aromatic carbocycles. The summed E-state index contributed by atoms with van der Waals surface area (Å²) in [4.78, 5) is 12.7. The number of halogens is 3. The van der Waals surface area contributed by atoms with Gasteiger partial charge in [0.1, 0.15) is 23.1 Å². The van der Waals surface area contributed by atoms with Gasteiger partial charge in [0.2, 0.25) is 0 Å². The fourth-order valence-corrected chi connectivity index (χ4v) is 3.79. The van der Waals surface area contributed by atoms with Crippen molar-refractivity contribution in [2.45, 2.75) is 24.7 Å². The third-order valence-electron chi connectivity index (χ3n) is 5.40. The molecule has 0 unspecified atom stereocenters. The summed E-state index contributed by atoms with van der Waals surface area (Å²) in [6.07, 6.45) is -3.45. The number of ether oxygens (including phenoxy) is 1. The van der Waals surface area contributed by atoms with Crippen LogP contribution in [0.25, 0.3) is 0 Å². The fourth-order valence-electron chi connectivity index (χ4n) is 3.79. The van der Waals surface area contributed by atoms with E-state index in [1.54, 1.807) is 36.4 Å². The number of hydrogen-bond acceptors (Lipinski definition) is 5. The average Bonchev–Trinajstić information content (AvgIpc) is 3.50. The molecule has 0 spiro atoms. The maximum atomic E-state index is 13.8. The number of carbonyl (C=O) groups excluding carboxylic acids is 1. The number of para-hydroxylation sites is 1. The Morgan fingerprint density at radius 1 is 1.06 bits per heavy atom. The molecular weight excluding hydrogens is 449 g/mol. The molecule has 174 valence electrons. The first-order valence-electron chi connectivity index (χ1n) is 10.5. The molecule has 1 amide bonds. The maximum Gasteiger partial charge on any atom is 0.410 e. The second-order valence-corrected chi connectivity index (χ2v) is 7.76. The zero-order chi connectivity index (χ0) is 23.7. The van der Waals surface area contributed by atoms with Crippen molar-refractivity contribution < 1.29 is 27.1 Å². The number of anilines is 2. The summed E-state index contributed by atoms with van der Waals surface area (Å²) in [7, 11) is 0. The Morgan fingerprint density at radius 2 is 1.79 bits per heavy atom. The van der Waals surface area contributed by atoms with Gasteiger partial charge in [0.25, 0.3) is 5.91 Å². The minimum Gasteiger partial charge on any atom is -0.467 e. The SMILES string of the molecule is O=C(Nc1ccc(Oc2ccccc2)cc1)c1cc2n(n1)[C@H](C(F)(F)F)C[C@@H](c1ccco1)N2. The minimum absolute atomic E-state index is 0.0896. The van der Waals surface area contributed by atoms with E-state index in [2.05, 4.69) is 15.7 Å². The first kappa shape index (κ1) is 21.6. The van der Waals surface area contributed by atoms with E-state index in [9.17, 15) is 18.0 Å². The van der Waals surface area contributed by atoms with Gasteiger partial charge in [-0.3, -0.25) is 4.79 Å². The molecule has 0 fully saturated rings. The topological polar surface area (TPSA) is 81.3 Å². The van der Waals surface area contributed by atoms with Crippen LogP contribution in [0.1, 0.15) is 34.8 Å². The molecule has 5 rings (SSSR count). The van der Waals surface area contributed by atoms with Crippen LogP contribution in [0.15, 0.2) is 83.5 Å². The van der Waals surface area contributed by atoms with Gasteiger partial charge < -0.3 is 19.8 Å². The van der Waals surface area contributed by atoms with Crippen LogP contribution in [-0.2, 0) is 0 Å². The van der Waals surface area contributed by atoms with E-state index in [0.29, 0.717) is 22.9 Å². The monoisotopic (exact) mass is 468 g/mol. The molecule has 1 aliphatic heterocycles. The summed E-state index contributed by atoms with van der Waals surface area (Å²) in [5.74, 6) is 1.08. The Hall–Kier alpha value is -4.21. The predicted molar refractivity (Wildman–Crippen MR) is 118 cm³/mol. The number of nitrogens with zero attached hydrogens (tertiary/aromatic N) is 2. The average molecular weight is 468 g/mol. The molecule has 7 nitrogen and oxygen atoms in total. The summed E-state index contributed by atoms with van der Waals surface area (Å²) >= 11 is 0. The number of furan rings is 1. The zero-order valence-corrected chi connectivity index (χ0v) is 17.6. The van der Waals surface area contributed by atoms with Crippen LogP contribution in [-0.4, -0.2) is 21.9 Å². The van der Waals surface area contributed by atoms with E-state index in [0.717, 1.165) is 4.68 Å². The van der Waals surface area contributed by atoms with Crippen LogP contribution in [0, 0.1) is 0 Å². The highest BCUT2D eigenvalue weighted by molar-refractivity contribution is 6.03. The second-order valence-electron chi connectivity index (χ2n) is 7.76. The third-order valence-corrected chi connectivity index (χ3v) is 5.40. The molecule has 10 heteroatoms. The normalized spacial score (nSPS) is 17.5. The van der Waals surface area contributed by atoms with Crippen LogP contribution in [0.2, 0.25) is 0 Å². The van der Waals surface area contributed by atoms with Crippen LogP contribution < -0.4 is 15.4 Å². The van der Waals surface area contributed by atoms with Crippen molar-refractivity contribution >= 4 is 17.4 Å². The number of nitrogens with one attached hydrogen (secondary N) is 2. The molecule has 34 heavy (non-hydrogen) atoms. The lowest BCUT2D eigenvalue weighted by Gasteiger charge is -2.32. The van der Waals surface area contributed by atoms with Crippen molar-refractivity contribution in [1.82, 2.24) is 9.78 Å². The largest absolute Gasteiger partial charge is 0.467 e. The number of amides is 1. The molecule has 0 aliphatic carbocycles.